The quantitative estimate of drug-likeness (QED) is 0.686. The van der Waals surface area contributed by atoms with E-state index in [2.05, 4.69) is 15.5 Å². The van der Waals surface area contributed by atoms with Crippen LogP contribution in [0.4, 0.5) is 0 Å². The van der Waals surface area contributed by atoms with E-state index in [1.165, 1.54) is 11.3 Å². The van der Waals surface area contributed by atoms with E-state index in [9.17, 15) is 0 Å². The van der Waals surface area contributed by atoms with Gasteiger partial charge in [-0.15, -0.1) is 0 Å². The van der Waals surface area contributed by atoms with Gasteiger partial charge in [-0.25, -0.2) is 0 Å². The zero-order chi connectivity index (χ0) is 8.81. The first-order valence-electron chi connectivity index (χ1n) is 3.69. The molecule has 4 heteroatoms. The summed E-state index contributed by atoms with van der Waals surface area (Å²) < 4.78 is 1.14. The summed E-state index contributed by atoms with van der Waals surface area (Å²) in [5.74, 6) is 0. The number of thiazole rings is 1. The Morgan fingerprint density at radius 2 is 2.15 bits per heavy atom. The van der Waals surface area contributed by atoms with Crippen LogP contribution in [0.25, 0.3) is 10.2 Å². The van der Waals surface area contributed by atoms with Crippen molar-refractivity contribution in [2.45, 2.75) is 13.8 Å². The molecular formula is C9H10N2SY-2. The zero-order valence-electron chi connectivity index (χ0n) is 7.69. The van der Waals surface area contributed by atoms with Gasteiger partial charge in [0.2, 0.25) is 0 Å². The number of aromatic nitrogens is 2. The summed E-state index contributed by atoms with van der Waals surface area (Å²) in [5, 5.41) is 0. The monoisotopic (exact) mass is 267 g/mol. The third kappa shape index (κ3) is 4.25. The summed E-state index contributed by atoms with van der Waals surface area (Å²) in [7, 11) is 0. The van der Waals surface area contributed by atoms with Crippen LogP contribution >= 0.6 is 11.3 Å². The summed E-state index contributed by atoms with van der Waals surface area (Å²) in [4.78, 5) is 7.86. The number of fused-ring (bicyclic) bond motifs is 1. The largest absolute Gasteiger partial charge is 0.385 e. The van der Waals surface area contributed by atoms with Crippen LogP contribution in [0.15, 0.2) is 18.5 Å². The Morgan fingerprint density at radius 1 is 1.46 bits per heavy atom. The van der Waals surface area contributed by atoms with E-state index in [0.29, 0.717) is 0 Å². The van der Waals surface area contributed by atoms with Crippen molar-refractivity contribution in [1.82, 2.24) is 9.97 Å². The van der Waals surface area contributed by atoms with E-state index < -0.39 is 0 Å². The summed E-state index contributed by atoms with van der Waals surface area (Å²) in [5.41, 5.74) is 3.72. The molecule has 0 atom stereocenters. The molecule has 2 rings (SSSR count). The van der Waals surface area contributed by atoms with E-state index in [4.69, 9.17) is 0 Å². The minimum absolute atomic E-state index is 0. The van der Waals surface area contributed by atoms with Gasteiger partial charge in [0.25, 0.3) is 0 Å². The van der Waals surface area contributed by atoms with Crippen molar-refractivity contribution in [3.63, 3.8) is 0 Å². The number of nitrogens with zero attached hydrogens (tertiary/aromatic N) is 2. The van der Waals surface area contributed by atoms with Gasteiger partial charge in [-0.2, -0.15) is 13.8 Å². The third-order valence-electron chi connectivity index (χ3n) is 1.08. The molecule has 0 saturated carbocycles. The Kier molecular flexibility index (Phi) is 7.62. The fourth-order valence-corrected chi connectivity index (χ4v) is 1.24. The zero-order valence-corrected chi connectivity index (χ0v) is 11.3. The molecule has 0 unspecified atom stereocenters. The standard InChI is InChI=1S/C6H3N2S.C3H7.Y/c1-2-7-3-5-6(1)9-4-8-5;1-3-2;/h1-3H;3H,1-2H3;/q2*-1;. The molecular weight excluding hydrogens is 257 g/mol. The van der Waals surface area contributed by atoms with Crippen LogP contribution < -0.4 is 0 Å². The maximum atomic E-state index is 3.95. The van der Waals surface area contributed by atoms with Gasteiger partial charge in [0.1, 0.15) is 0 Å². The number of rotatable bonds is 0. The van der Waals surface area contributed by atoms with Crippen LogP contribution in [0.3, 0.4) is 0 Å². The second kappa shape index (κ2) is 7.54. The van der Waals surface area contributed by atoms with Crippen LogP contribution in [0.5, 0.6) is 0 Å². The fraction of sp³-hybridized carbons (Fsp3) is 0.222. The molecule has 2 aromatic rings. The predicted molar refractivity (Wildman–Crippen MR) is 51.9 cm³/mol. The first kappa shape index (κ1) is 13.1. The van der Waals surface area contributed by atoms with Crippen LogP contribution in [0.1, 0.15) is 13.8 Å². The predicted octanol–water partition coefficient (Wildman–Crippen LogP) is 2.72. The van der Waals surface area contributed by atoms with Gasteiger partial charge in [-0.05, 0) is 11.7 Å². The molecule has 0 saturated heterocycles. The summed E-state index contributed by atoms with van der Waals surface area (Å²) in [6.45, 7) is 4.00. The van der Waals surface area contributed by atoms with Crippen molar-refractivity contribution in [3.05, 3.63) is 30.4 Å². The molecule has 0 aliphatic rings. The van der Waals surface area contributed by atoms with Crippen molar-refractivity contribution < 1.29 is 32.7 Å². The topological polar surface area (TPSA) is 25.8 Å². The molecule has 0 fully saturated rings. The van der Waals surface area contributed by atoms with Gasteiger partial charge in [0, 0.05) is 38.9 Å². The molecule has 0 aromatic carbocycles. The number of hydrogen-bond donors (Lipinski definition) is 0. The van der Waals surface area contributed by atoms with Crippen LogP contribution in [0, 0.1) is 11.9 Å². The van der Waals surface area contributed by atoms with Gasteiger partial charge in [-0.3, -0.25) is 16.3 Å². The molecule has 0 aliphatic carbocycles. The van der Waals surface area contributed by atoms with Crippen molar-refractivity contribution in [3.8, 4) is 0 Å². The van der Waals surface area contributed by atoms with E-state index in [1.54, 1.807) is 12.4 Å². The maximum absolute atomic E-state index is 3.95. The molecule has 0 spiro atoms. The Bertz CT molecular complexity index is 305. The molecule has 13 heavy (non-hydrogen) atoms. The van der Waals surface area contributed by atoms with Gasteiger partial charge in [-0.1, -0.05) is 16.3 Å². The molecule has 2 aromatic heterocycles. The smallest absolute Gasteiger partial charge is 0.0138 e. The summed E-state index contributed by atoms with van der Waals surface area (Å²) in [6, 6.07) is 1.93. The van der Waals surface area contributed by atoms with Crippen molar-refractivity contribution in [2.24, 2.45) is 0 Å². The van der Waals surface area contributed by atoms with E-state index >= 15 is 0 Å². The molecule has 0 aliphatic heterocycles. The molecule has 2 nitrogen and oxygen atoms in total. The normalized spacial score (nSPS) is 8.46. The van der Waals surface area contributed by atoms with Gasteiger partial charge in [0.05, 0.1) is 0 Å². The molecule has 2 heterocycles. The Labute approximate surface area is 108 Å². The Morgan fingerprint density at radius 3 is 2.77 bits per heavy atom. The van der Waals surface area contributed by atoms with Crippen LogP contribution in [-0.4, -0.2) is 9.97 Å². The van der Waals surface area contributed by atoms with Crippen molar-refractivity contribution in [2.75, 3.05) is 0 Å². The third-order valence-corrected chi connectivity index (χ3v) is 1.83. The maximum Gasteiger partial charge on any atom is 0.0138 e. The van der Waals surface area contributed by atoms with Gasteiger partial charge < -0.3 is 11.4 Å². The minimum Gasteiger partial charge on any atom is -0.385 e. The average Bonchev–Trinajstić information content (AvgIpc) is 2.52. The van der Waals surface area contributed by atoms with Crippen molar-refractivity contribution >= 4 is 21.6 Å². The minimum atomic E-state index is 0. The van der Waals surface area contributed by atoms with Crippen LogP contribution in [-0.2, 0) is 32.7 Å². The molecule has 67 valence electrons. The Hall–Kier alpha value is 0.144. The van der Waals surface area contributed by atoms with Crippen molar-refractivity contribution in [1.29, 1.82) is 0 Å². The second-order valence-corrected chi connectivity index (χ2v) is 3.05. The van der Waals surface area contributed by atoms with E-state index in [0.717, 1.165) is 10.2 Å². The van der Waals surface area contributed by atoms with E-state index in [-0.39, 0.29) is 32.7 Å². The molecule has 0 bridgehead atoms. The van der Waals surface area contributed by atoms with Crippen LogP contribution in [0.2, 0.25) is 0 Å². The molecule has 1 radical (unpaired) electrons. The first-order chi connectivity index (χ1) is 5.88. The first-order valence-corrected chi connectivity index (χ1v) is 4.50. The molecule has 0 N–H and O–H groups in total. The number of pyridine rings is 1. The average molecular weight is 267 g/mol. The SMILES string of the molecule is C[CH-]C.[Y].[c-]1nc2cnccc2s1. The summed E-state index contributed by atoms with van der Waals surface area (Å²) in [6.07, 6.45) is 5.50. The summed E-state index contributed by atoms with van der Waals surface area (Å²) >= 11 is 1.51. The number of hydrogen-bond acceptors (Lipinski definition) is 3. The second-order valence-electron chi connectivity index (χ2n) is 2.23. The van der Waals surface area contributed by atoms with E-state index in [1.807, 2.05) is 26.3 Å². The van der Waals surface area contributed by atoms with Gasteiger partial charge in [0.15, 0.2) is 0 Å². The fourth-order valence-electron chi connectivity index (χ4n) is 0.665. The Balaban J connectivity index is 0.000000324. The molecule has 0 amide bonds. The van der Waals surface area contributed by atoms with Gasteiger partial charge >= 0.3 is 0 Å².